The highest BCUT2D eigenvalue weighted by Crippen LogP contribution is 2.35. The maximum atomic E-state index is 14.6. The number of rotatable bonds is 6. The van der Waals surface area contributed by atoms with E-state index < -0.39 is 11.7 Å². The standard InChI is InChI=1S/C27H24ClFN2O4/c1-2-24-20(4-3-7-30-24)21-10-18(28)5-6-25(21)34-14-16-12-31(13-16)27(33)22-9-17-8-19(32)15-35-26(17)11-23(22)29/h3-7,9-11,16H,2,8,12-15H2,1H3. The van der Waals surface area contributed by atoms with Gasteiger partial charge >= 0.3 is 0 Å². The zero-order valence-electron chi connectivity index (χ0n) is 19.2. The molecule has 1 saturated heterocycles. The molecule has 0 aliphatic carbocycles. The van der Waals surface area contributed by atoms with Crippen LogP contribution >= 0.6 is 11.6 Å². The van der Waals surface area contributed by atoms with E-state index in [4.69, 9.17) is 21.1 Å². The molecule has 1 amide bonds. The van der Waals surface area contributed by atoms with Gasteiger partial charge in [0.25, 0.3) is 5.91 Å². The first-order valence-corrected chi connectivity index (χ1v) is 11.9. The lowest BCUT2D eigenvalue weighted by Crippen LogP contribution is -2.52. The molecule has 3 heterocycles. The number of Topliss-reactive ketones (excluding diaryl/α,β-unsaturated/α-hetero) is 1. The normalized spacial score (nSPS) is 15.3. The zero-order valence-corrected chi connectivity index (χ0v) is 20.0. The molecule has 0 bridgehead atoms. The van der Waals surface area contributed by atoms with Gasteiger partial charge in [0.05, 0.1) is 12.2 Å². The number of ketones is 1. The molecular formula is C27H24ClFN2O4. The number of pyridine rings is 1. The van der Waals surface area contributed by atoms with E-state index in [-0.39, 0.29) is 30.3 Å². The Bertz CT molecular complexity index is 1310. The van der Waals surface area contributed by atoms with E-state index in [9.17, 15) is 14.0 Å². The van der Waals surface area contributed by atoms with Crippen molar-refractivity contribution >= 4 is 23.3 Å². The molecule has 2 aliphatic rings. The van der Waals surface area contributed by atoms with Crippen molar-refractivity contribution in [2.75, 3.05) is 26.3 Å². The molecule has 6 nitrogen and oxygen atoms in total. The molecule has 1 fully saturated rings. The smallest absolute Gasteiger partial charge is 0.256 e. The summed E-state index contributed by atoms with van der Waals surface area (Å²) in [5, 5.41) is 0.609. The highest BCUT2D eigenvalue weighted by atomic mass is 35.5. The molecule has 8 heteroatoms. The summed E-state index contributed by atoms with van der Waals surface area (Å²) in [5.74, 6) is 0.0149. The van der Waals surface area contributed by atoms with Gasteiger partial charge in [-0.1, -0.05) is 24.6 Å². The second-order valence-corrected chi connectivity index (χ2v) is 9.26. The predicted molar refractivity (Wildman–Crippen MR) is 130 cm³/mol. The van der Waals surface area contributed by atoms with Crippen molar-refractivity contribution in [1.82, 2.24) is 9.88 Å². The van der Waals surface area contributed by atoms with Gasteiger partial charge in [0, 0.05) is 65.1 Å². The number of aryl methyl sites for hydroxylation is 1. The average Bonchev–Trinajstić information content (AvgIpc) is 2.83. The molecule has 0 spiro atoms. The Morgan fingerprint density at radius 2 is 2.06 bits per heavy atom. The minimum absolute atomic E-state index is 0.0370. The number of benzene rings is 2. The van der Waals surface area contributed by atoms with Crippen LogP contribution in [0.15, 0.2) is 48.7 Å². The van der Waals surface area contributed by atoms with Gasteiger partial charge in [-0.3, -0.25) is 14.6 Å². The monoisotopic (exact) mass is 494 g/mol. The van der Waals surface area contributed by atoms with Crippen molar-refractivity contribution in [2.45, 2.75) is 19.8 Å². The van der Waals surface area contributed by atoms with Crippen molar-refractivity contribution in [3.8, 4) is 22.6 Å². The first-order valence-electron chi connectivity index (χ1n) is 11.6. The van der Waals surface area contributed by atoms with Gasteiger partial charge < -0.3 is 14.4 Å². The van der Waals surface area contributed by atoms with Crippen molar-refractivity contribution in [3.63, 3.8) is 0 Å². The average molecular weight is 495 g/mol. The summed E-state index contributed by atoms with van der Waals surface area (Å²) >= 11 is 6.26. The van der Waals surface area contributed by atoms with Crippen LogP contribution in [-0.4, -0.2) is 47.9 Å². The fourth-order valence-corrected chi connectivity index (χ4v) is 4.65. The van der Waals surface area contributed by atoms with E-state index in [0.29, 0.717) is 41.8 Å². The predicted octanol–water partition coefficient (Wildman–Crippen LogP) is 4.76. The molecule has 0 unspecified atom stereocenters. The third-order valence-electron chi connectivity index (χ3n) is 6.33. The first kappa shape index (κ1) is 23.3. The van der Waals surface area contributed by atoms with Crippen LogP contribution in [0.1, 0.15) is 28.5 Å². The first-order chi connectivity index (χ1) is 16.9. The summed E-state index contributed by atoms with van der Waals surface area (Å²) in [4.78, 5) is 30.6. The summed E-state index contributed by atoms with van der Waals surface area (Å²) in [6.07, 6.45) is 2.69. The summed E-state index contributed by atoms with van der Waals surface area (Å²) < 4.78 is 26.0. The third kappa shape index (κ3) is 4.73. The van der Waals surface area contributed by atoms with Crippen molar-refractivity contribution in [3.05, 3.63) is 76.3 Å². The number of fused-ring (bicyclic) bond motifs is 1. The third-order valence-corrected chi connectivity index (χ3v) is 6.57. The molecule has 0 radical (unpaired) electrons. The van der Waals surface area contributed by atoms with E-state index in [0.717, 1.165) is 23.2 Å². The summed E-state index contributed by atoms with van der Waals surface area (Å²) in [7, 11) is 0. The van der Waals surface area contributed by atoms with Crippen LogP contribution in [0.3, 0.4) is 0 Å². The van der Waals surface area contributed by atoms with Gasteiger partial charge in [0.1, 0.15) is 23.9 Å². The second kappa shape index (κ2) is 9.66. The number of hydrogen-bond donors (Lipinski definition) is 0. The summed E-state index contributed by atoms with van der Waals surface area (Å²) in [5.41, 5.74) is 3.32. The fourth-order valence-electron chi connectivity index (χ4n) is 4.48. The van der Waals surface area contributed by atoms with Gasteiger partial charge in [0.2, 0.25) is 0 Å². The van der Waals surface area contributed by atoms with Crippen molar-refractivity contribution in [2.24, 2.45) is 5.92 Å². The SMILES string of the molecule is CCc1ncccc1-c1cc(Cl)ccc1OCC1CN(C(=O)c2cc3c(cc2F)OCC(=O)C3)C1. The number of ether oxygens (including phenoxy) is 2. The summed E-state index contributed by atoms with van der Waals surface area (Å²) in [6.45, 7) is 3.31. The van der Waals surface area contributed by atoms with Crippen molar-refractivity contribution < 1.29 is 23.5 Å². The number of halogens is 2. The molecule has 1 aromatic heterocycles. The molecule has 3 aromatic rings. The fraction of sp³-hybridized carbons (Fsp3) is 0.296. The van der Waals surface area contributed by atoms with Crippen molar-refractivity contribution in [1.29, 1.82) is 0 Å². The Kier molecular flexibility index (Phi) is 6.43. The number of likely N-dealkylation sites (tertiary alicyclic amines) is 1. The molecule has 5 rings (SSSR count). The topological polar surface area (TPSA) is 68.7 Å². The number of amides is 1. The van der Waals surface area contributed by atoms with Crippen LogP contribution in [-0.2, 0) is 17.6 Å². The second-order valence-electron chi connectivity index (χ2n) is 8.82. The van der Waals surface area contributed by atoms with E-state index in [1.165, 1.54) is 12.1 Å². The molecule has 0 atom stereocenters. The maximum absolute atomic E-state index is 14.6. The van der Waals surface area contributed by atoms with E-state index in [1.807, 2.05) is 31.2 Å². The minimum Gasteiger partial charge on any atom is -0.493 e. The number of carbonyl (C=O) groups excluding carboxylic acids is 2. The zero-order chi connectivity index (χ0) is 24.5. The molecule has 2 aliphatic heterocycles. The summed E-state index contributed by atoms with van der Waals surface area (Å²) in [6, 6.07) is 12.0. The van der Waals surface area contributed by atoms with E-state index >= 15 is 0 Å². The molecule has 35 heavy (non-hydrogen) atoms. The number of nitrogens with zero attached hydrogens (tertiary/aromatic N) is 2. The quantitative estimate of drug-likeness (QED) is 0.494. The van der Waals surface area contributed by atoms with E-state index in [1.54, 1.807) is 17.2 Å². The van der Waals surface area contributed by atoms with Crippen LogP contribution in [0.2, 0.25) is 5.02 Å². The highest BCUT2D eigenvalue weighted by molar-refractivity contribution is 6.31. The van der Waals surface area contributed by atoms with Gasteiger partial charge in [-0.15, -0.1) is 0 Å². The highest BCUT2D eigenvalue weighted by Gasteiger charge is 2.34. The Balaban J connectivity index is 1.24. The van der Waals surface area contributed by atoms with Gasteiger partial charge in [-0.2, -0.15) is 0 Å². The van der Waals surface area contributed by atoms with Crippen LogP contribution < -0.4 is 9.47 Å². The lowest BCUT2D eigenvalue weighted by Gasteiger charge is -2.39. The largest absolute Gasteiger partial charge is 0.493 e. The Morgan fingerprint density at radius 1 is 1.23 bits per heavy atom. The number of aromatic nitrogens is 1. The minimum atomic E-state index is -0.642. The Labute approximate surface area is 207 Å². The van der Waals surface area contributed by atoms with Crippen LogP contribution in [0, 0.1) is 11.7 Å². The Morgan fingerprint density at radius 3 is 2.86 bits per heavy atom. The number of hydrogen-bond acceptors (Lipinski definition) is 5. The molecule has 180 valence electrons. The van der Waals surface area contributed by atoms with Gasteiger partial charge in [-0.05, 0) is 36.8 Å². The van der Waals surface area contributed by atoms with Crippen LogP contribution in [0.5, 0.6) is 11.5 Å². The molecular weight excluding hydrogens is 471 g/mol. The lowest BCUT2D eigenvalue weighted by atomic mass is 9.97. The molecule has 2 aromatic carbocycles. The molecule has 0 N–H and O–H groups in total. The molecule has 0 saturated carbocycles. The van der Waals surface area contributed by atoms with Crippen LogP contribution in [0.4, 0.5) is 4.39 Å². The lowest BCUT2D eigenvalue weighted by molar-refractivity contribution is -0.121. The van der Waals surface area contributed by atoms with Gasteiger partial charge in [0.15, 0.2) is 5.78 Å². The van der Waals surface area contributed by atoms with Gasteiger partial charge in [-0.25, -0.2) is 4.39 Å². The Hall–Kier alpha value is -3.45. The maximum Gasteiger partial charge on any atom is 0.256 e. The number of carbonyl (C=O) groups is 2. The van der Waals surface area contributed by atoms with Crippen LogP contribution in [0.25, 0.3) is 11.1 Å². The van der Waals surface area contributed by atoms with E-state index in [2.05, 4.69) is 4.98 Å².